The van der Waals surface area contributed by atoms with Gasteiger partial charge in [-0.1, -0.05) is 47.1 Å². The molecule has 1 heterocycles. The van der Waals surface area contributed by atoms with Gasteiger partial charge < -0.3 is 5.32 Å². The number of hydrogen-bond acceptors (Lipinski definition) is 4. The number of thiazole rings is 1. The van der Waals surface area contributed by atoms with Gasteiger partial charge in [0.2, 0.25) is 5.91 Å². The van der Waals surface area contributed by atoms with Crippen LogP contribution in [0.2, 0.25) is 0 Å². The zero-order valence-corrected chi connectivity index (χ0v) is 18.0. The Labute approximate surface area is 180 Å². The lowest BCUT2D eigenvalue weighted by molar-refractivity contribution is -0.121. The van der Waals surface area contributed by atoms with Crippen molar-refractivity contribution >= 4 is 44.2 Å². The number of rotatable bonds is 7. The molecule has 0 aliphatic rings. The highest BCUT2D eigenvalue weighted by atomic mass is 79.9. The van der Waals surface area contributed by atoms with Crippen LogP contribution < -0.4 is 10.6 Å². The zero-order chi connectivity index (χ0) is 20.8. The Balaban J connectivity index is 1.59. The fourth-order valence-corrected chi connectivity index (χ4v) is 3.75. The molecule has 2 amide bonds. The highest BCUT2D eigenvalue weighted by Crippen LogP contribution is 2.21. The largest absolute Gasteiger partial charge is 0.349 e. The fourth-order valence-electron chi connectivity index (χ4n) is 2.78. The Hall–Kier alpha value is -2.58. The molecule has 8 heteroatoms. The van der Waals surface area contributed by atoms with Crippen LogP contribution in [0, 0.1) is 5.82 Å². The van der Waals surface area contributed by atoms with E-state index in [9.17, 15) is 14.0 Å². The van der Waals surface area contributed by atoms with Gasteiger partial charge in [0.1, 0.15) is 5.82 Å². The number of carbonyl (C=O) groups is 2. The molecule has 0 fully saturated rings. The van der Waals surface area contributed by atoms with E-state index in [4.69, 9.17) is 0 Å². The maximum Gasteiger partial charge on any atom is 0.260 e. The van der Waals surface area contributed by atoms with Crippen LogP contribution in [0.15, 0.2) is 58.4 Å². The summed E-state index contributed by atoms with van der Waals surface area (Å²) in [6, 6.07) is 13.5. The van der Waals surface area contributed by atoms with Crippen LogP contribution in [0.1, 0.15) is 41.0 Å². The van der Waals surface area contributed by atoms with Crippen LogP contribution in [0.5, 0.6) is 0 Å². The second kappa shape index (κ2) is 9.76. The Bertz CT molecular complexity index is 1010. The van der Waals surface area contributed by atoms with Gasteiger partial charge in [-0.3, -0.25) is 14.9 Å². The minimum Gasteiger partial charge on any atom is -0.349 e. The molecule has 1 atom stereocenters. The zero-order valence-electron chi connectivity index (χ0n) is 15.6. The van der Waals surface area contributed by atoms with Gasteiger partial charge in [0.05, 0.1) is 23.7 Å². The minimum atomic E-state index is -0.597. The van der Waals surface area contributed by atoms with Crippen molar-refractivity contribution in [2.75, 3.05) is 5.32 Å². The first kappa shape index (κ1) is 21.1. The molecule has 0 aliphatic carbocycles. The molecule has 0 radical (unpaired) electrons. The second-order valence-corrected chi connectivity index (χ2v) is 8.11. The van der Waals surface area contributed by atoms with Crippen LogP contribution >= 0.6 is 27.3 Å². The first-order valence-electron chi connectivity index (χ1n) is 9.01. The van der Waals surface area contributed by atoms with Crippen LogP contribution in [0.3, 0.4) is 0 Å². The first-order chi connectivity index (χ1) is 14.0. The molecule has 2 aromatic carbocycles. The quantitative estimate of drug-likeness (QED) is 0.498. The summed E-state index contributed by atoms with van der Waals surface area (Å²) in [5.41, 5.74) is 1.52. The first-order valence-corrected chi connectivity index (χ1v) is 10.7. The van der Waals surface area contributed by atoms with Crippen molar-refractivity contribution in [3.63, 3.8) is 0 Å². The van der Waals surface area contributed by atoms with E-state index in [1.165, 1.54) is 29.5 Å². The lowest BCUT2D eigenvalue weighted by atomic mass is 10.0. The summed E-state index contributed by atoms with van der Waals surface area (Å²) in [7, 11) is 0. The van der Waals surface area contributed by atoms with Crippen molar-refractivity contribution in [1.82, 2.24) is 10.3 Å². The van der Waals surface area contributed by atoms with Gasteiger partial charge >= 0.3 is 0 Å². The van der Waals surface area contributed by atoms with Crippen molar-refractivity contribution in [2.45, 2.75) is 25.8 Å². The summed E-state index contributed by atoms with van der Waals surface area (Å²) in [5.74, 6) is -1.33. The molecular weight excluding hydrogens is 457 g/mol. The van der Waals surface area contributed by atoms with E-state index in [1.54, 1.807) is 11.4 Å². The molecule has 29 heavy (non-hydrogen) atoms. The summed E-state index contributed by atoms with van der Waals surface area (Å²) in [6.45, 7) is 2.01. The lowest BCUT2D eigenvalue weighted by Crippen LogP contribution is -2.29. The summed E-state index contributed by atoms with van der Waals surface area (Å²) >= 11 is 4.60. The molecule has 2 N–H and O–H groups in total. The second-order valence-electron chi connectivity index (χ2n) is 6.33. The SMILES string of the molecule is CCC(NC(=O)Cc1csc(NC(=O)c2ccccc2F)n1)c1ccc(Br)cc1. The number of aromatic nitrogens is 1. The van der Waals surface area contributed by atoms with Crippen molar-refractivity contribution in [2.24, 2.45) is 0 Å². The summed E-state index contributed by atoms with van der Waals surface area (Å²) < 4.78 is 14.7. The Morgan fingerprint density at radius 2 is 1.90 bits per heavy atom. The van der Waals surface area contributed by atoms with E-state index in [0.717, 1.165) is 16.5 Å². The molecule has 0 spiro atoms. The molecule has 5 nitrogen and oxygen atoms in total. The smallest absolute Gasteiger partial charge is 0.260 e. The Morgan fingerprint density at radius 3 is 2.59 bits per heavy atom. The van der Waals surface area contributed by atoms with Crippen LogP contribution in [-0.2, 0) is 11.2 Å². The van der Waals surface area contributed by atoms with Gasteiger partial charge in [0, 0.05) is 9.85 Å². The average molecular weight is 476 g/mol. The lowest BCUT2D eigenvalue weighted by Gasteiger charge is -2.17. The number of nitrogens with one attached hydrogen (secondary N) is 2. The monoisotopic (exact) mass is 475 g/mol. The molecule has 0 bridgehead atoms. The van der Waals surface area contributed by atoms with Gasteiger partial charge in [0.25, 0.3) is 5.91 Å². The summed E-state index contributed by atoms with van der Waals surface area (Å²) in [5, 5.41) is 7.60. The van der Waals surface area contributed by atoms with E-state index in [0.29, 0.717) is 10.8 Å². The standard InChI is InChI=1S/C21H19BrFN3O2S/c1-2-18(13-7-9-14(22)10-8-13)25-19(27)11-15-12-29-21(24-15)26-20(28)16-5-3-4-6-17(16)23/h3-10,12,18H,2,11H2,1H3,(H,25,27)(H,24,26,28). The fraction of sp³-hybridized carbons (Fsp3) is 0.190. The molecule has 1 aromatic heterocycles. The molecule has 0 aliphatic heterocycles. The van der Waals surface area contributed by atoms with Crippen molar-refractivity contribution in [1.29, 1.82) is 0 Å². The van der Waals surface area contributed by atoms with Gasteiger partial charge in [-0.05, 0) is 36.2 Å². The van der Waals surface area contributed by atoms with Crippen LogP contribution in [-0.4, -0.2) is 16.8 Å². The van der Waals surface area contributed by atoms with E-state index in [1.807, 2.05) is 31.2 Å². The van der Waals surface area contributed by atoms with Crippen LogP contribution in [0.4, 0.5) is 9.52 Å². The predicted octanol–water partition coefficient (Wildman–Crippen LogP) is 5.11. The molecule has 3 aromatic rings. The third kappa shape index (κ3) is 5.71. The number of benzene rings is 2. The van der Waals surface area contributed by atoms with Gasteiger partial charge in [-0.2, -0.15) is 0 Å². The predicted molar refractivity (Wildman–Crippen MR) is 115 cm³/mol. The number of halogens is 2. The molecule has 3 rings (SSSR count). The number of nitrogens with zero attached hydrogens (tertiary/aromatic N) is 1. The van der Waals surface area contributed by atoms with E-state index in [-0.39, 0.29) is 23.9 Å². The number of hydrogen-bond donors (Lipinski definition) is 2. The molecule has 150 valence electrons. The van der Waals surface area contributed by atoms with Gasteiger partial charge in [0.15, 0.2) is 5.13 Å². The summed E-state index contributed by atoms with van der Waals surface area (Å²) in [4.78, 5) is 28.9. The van der Waals surface area contributed by atoms with Gasteiger partial charge in [-0.15, -0.1) is 11.3 Å². The van der Waals surface area contributed by atoms with E-state index in [2.05, 4.69) is 31.5 Å². The Kier molecular flexibility index (Phi) is 7.11. The maximum absolute atomic E-state index is 13.7. The van der Waals surface area contributed by atoms with Gasteiger partial charge in [-0.25, -0.2) is 9.37 Å². The van der Waals surface area contributed by atoms with Crippen molar-refractivity contribution in [3.05, 3.63) is 81.0 Å². The average Bonchev–Trinajstić information content (AvgIpc) is 3.13. The normalized spacial score (nSPS) is 11.7. The topological polar surface area (TPSA) is 71.1 Å². The minimum absolute atomic E-state index is 0.0534. The van der Waals surface area contributed by atoms with Crippen LogP contribution in [0.25, 0.3) is 0 Å². The third-order valence-corrected chi connectivity index (χ3v) is 5.58. The molecule has 0 saturated carbocycles. The highest BCUT2D eigenvalue weighted by Gasteiger charge is 2.16. The van der Waals surface area contributed by atoms with Crippen molar-refractivity contribution in [3.8, 4) is 0 Å². The summed E-state index contributed by atoms with van der Waals surface area (Å²) in [6.07, 6.45) is 0.855. The molecule has 0 saturated heterocycles. The van der Waals surface area contributed by atoms with E-state index >= 15 is 0 Å². The molecular formula is C21H19BrFN3O2S. The van der Waals surface area contributed by atoms with E-state index < -0.39 is 11.7 Å². The maximum atomic E-state index is 13.7. The third-order valence-electron chi connectivity index (χ3n) is 4.25. The Morgan fingerprint density at radius 1 is 1.17 bits per heavy atom. The van der Waals surface area contributed by atoms with Crippen molar-refractivity contribution < 1.29 is 14.0 Å². The number of anilines is 1. The number of amides is 2. The highest BCUT2D eigenvalue weighted by molar-refractivity contribution is 9.10. The number of carbonyl (C=O) groups excluding carboxylic acids is 2. The molecule has 1 unspecified atom stereocenters.